The van der Waals surface area contributed by atoms with Crippen LogP contribution in [0.3, 0.4) is 0 Å². The van der Waals surface area contributed by atoms with E-state index in [1.807, 2.05) is 31.2 Å². The molecule has 2 heterocycles. The maximum absolute atomic E-state index is 11.9. The molecule has 0 aliphatic carbocycles. The SMILES string of the molecule is CCOc1ccccc1Nc1nnc(SCC(=O)NNC(=O)c2cccs2)s1. The van der Waals surface area contributed by atoms with Crippen molar-refractivity contribution < 1.29 is 14.3 Å². The molecule has 0 saturated carbocycles. The van der Waals surface area contributed by atoms with Gasteiger partial charge in [0.25, 0.3) is 5.91 Å². The number of hydrazine groups is 1. The topological polar surface area (TPSA) is 105 Å². The van der Waals surface area contributed by atoms with Crippen LogP contribution in [0.1, 0.15) is 16.6 Å². The fourth-order valence-electron chi connectivity index (χ4n) is 2.04. The van der Waals surface area contributed by atoms with E-state index >= 15 is 0 Å². The van der Waals surface area contributed by atoms with Gasteiger partial charge in [-0.2, -0.15) is 0 Å². The molecule has 3 N–H and O–H groups in total. The highest BCUT2D eigenvalue weighted by molar-refractivity contribution is 8.01. The molecule has 1 aromatic carbocycles. The lowest BCUT2D eigenvalue weighted by Crippen LogP contribution is -2.42. The summed E-state index contributed by atoms with van der Waals surface area (Å²) in [5.41, 5.74) is 5.55. The number of hydrogen-bond acceptors (Lipinski definition) is 9. The predicted octanol–water partition coefficient (Wildman–Crippen LogP) is 3.30. The minimum Gasteiger partial charge on any atom is -0.492 e. The van der Waals surface area contributed by atoms with Crippen molar-refractivity contribution in [3.8, 4) is 5.75 Å². The van der Waals surface area contributed by atoms with Gasteiger partial charge in [-0.25, -0.2) is 0 Å². The van der Waals surface area contributed by atoms with Crippen LogP contribution in [0.2, 0.25) is 0 Å². The van der Waals surface area contributed by atoms with Crippen LogP contribution in [-0.2, 0) is 4.79 Å². The van der Waals surface area contributed by atoms with Gasteiger partial charge in [-0.1, -0.05) is 41.3 Å². The first-order valence-electron chi connectivity index (χ1n) is 8.23. The maximum atomic E-state index is 11.9. The standard InChI is InChI=1S/C17H17N5O3S3/c1-2-25-12-7-4-3-6-11(12)18-16-21-22-17(28-16)27-10-14(23)19-20-15(24)13-8-5-9-26-13/h3-9H,2,10H2,1H3,(H,18,21)(H,19,23)(H,20,24). The van der Waals surface area contributed by atoms with Crippen molar-refractivity contribution >= 4 is 57.1 Å². The second-order valence-electron chi connectivity index (χ2n) is 5.20. The zero-order chi connectivity index (χ0) is 19.8. The summed E-state index contributed by atoms with van der Waals surface area (Å²) in [6, 6.07) is 11.0. The Morgan fingerprint density at radius 3 is 2.79 bits per heavy atom. The Labute approximate surface area is 173 Å². The number of benzene rings is 1. The van der Waals surface area contributed by atoms with E-state index in [9.17, 15) is 9.59 Å². The van der Waals surface area contributed by atoms with Gasteiger partial charge in [-0.3, -0.25) is 20.4 Å². The highest BCUT2D eigenvalue weighted by Crippen LogP contribution is 2.31. The quantitative estimate of drug-likeness (QED) is 0.368. The van der Waals surface area contributed by atoms with Crippen molar-refractivity contribution in [1.82, 2.24) is 21.0 Å². The van der Waals surface area contributed by atoms with Gasteiger partial charge in [0.05, 0.1) is 22.9 Å². The molecule has 11 heteroatoms. The minimum atomic E-state index is -0.344. The summed E-state index contributed by atoms with van der Waals surface area (Å²) in [5, 5.41) is 13.7. The lowest BCUT2D eigenvalue weighted by atomic mass is 10.3. The Bertz CT molecular complexity index is 930. The smallest absolute Gasteiger partial charge is 0.279 e. The molecule has 0 aliphatic rings. The van der Waals surface area contributed by atoms with E-state index < -0.39 is 0 Å². The Morgan fingerprint density at radius 2 is 2.00 bits per heavy atom. The first-order valence-corrected chi connectivity index (χ1v) is 10.9. The number of aromatic nitrogens is 2. The van der Waals surface area contributed by atoms with Crippen molar-refractivity contribution in [2.45, 2.75) is 11.3 Å². The molecular formula is C17H17N5O3S3. The van der Waals surface area contributed by atoms with Crippen LogP contribution in [0.4, 0.5) is 10.8 Å². The van der Waals surface area contributed by atoms with Gasteiger partial charge < -0.3 is 10.1 Å². The number of para-hydroxylation sites is 2. The first kappa shape index (κ1) is 20.1. The van der Waals surface area contributed by atoms with Crippen molar-refractivity contribution in [1.29, 1.82) is 0 Å². The van der Waals surface area contributed by atoms with Crippen molar-refractivity contribution in [3.05, 3.63) is 46.7 Å². The van der Waals surface area contributed by atoms with Gasteiger partial charge in [-0.05, 0) is 30.5 Å². The summed E-state index contributed by atoms with van der Waals surface area (Å²) < 4.78 is 6.21. The van der Waals surface area contributed by atoms with E-state index in [0.29, 0.717) is 21.0 Å². The van der Waals surface area contributed by atoms with Crippen molar-refractivity contribution in [2.24, 2.45) is 0 Å². The van der Waals surface area contributed by atoms with Gasteiger partial charge >= 0.3 is 0 Å². The van der Waals surface area contributed by atoms with Crippen LogP contribution in [0.25, 0.3) is 0 Å². The molecule has 146 valence electrons. The van der Waals surface area contributed by atoms with Crippen LogP contribution < -0.4 is 20.9 Å². The molecule has 0 radical (unpaired) electrons. The number of nitrogens with zero attached hydrogens (tertiary/aromatic N) is 2. The fourth-order valence-corrected chi connectivity index (χ4v) is 4.23. The third-order valence-corrected chi connectivity index (χ3v) is 6.06. The molecular weight excluding hydrogens is 418 g/mol. The molecule has 28 heavy (non-hydrogen) atoms. The number of carbonyl (C=O) groups is 2. The zero-order valence-electron chi connectivity index (χ0n) is 14.8. The molecule has 0 atom stereocenters. The summed E-state index contributed by atoms with van der Waals surface area (Å²) >= 11 is 3.86. The monoisotopic (exact) mass is 435 g/mol. The van der Waals surface area contributed by atoms with Crippen LogP contribution in [0, 0.1) is 0 Å². The molecule has 2 aromatic heterocycles. The van der Waals surface area contributed by atoms with Crippen molar-refractivity contribution in [3.63, 3.8) is 0 Å². The number of carbonyl (C=O) groups excluding carboxylic acids is 2. The number of hydrogen-bond donors (Lipinski definition) is 3. The van der Waals surface area contributed by atoms with Crippen LogP contribution in [-0.4, -0.2) is 34.4 Å². The maximum Gasteiger partial charge on any atom is 0.279 e. The van der Waals surface area contributed by atoms with E-state index in [1.54, 1.807) is 17.5 Å². The number of thiophene rings is 1. The number of nitrogens with one attached hydrogen (secondary N) is 3. The third kappa shape index (κ3) is 5.68. The molecule has 0 fully saturated rings. The lowest BCUT2D eigenvalue weighted by Gasteiger charge is -2.09. The molecule has 3 rings (SSSR count). The van der Waals surface area contributed by atoms with Crippen molar-refractivity contribution in [2.75, 3.05) is 17.7 Å². The van der Waals surface area contributed by atoms with Gasteiger partial charge in [-0.15, -0.1) is 21.5 Å². The molecule has 8 nitrogen and oxygen atoms in total. The normalized spacial score (nSPS) is 10.3. The Hall–Kier alpha value is -2.63. The molecule has 2 amide bonds. The van der Waals surface area contributed by atoms with Gasteiger partial charge in [0.15, 0.2) is 4.34 Å². The Balaban J connectivity index is 1.47. The number of rotatable bonds is 8. The Morgan fingerprint density at radius 1 is 1.14 bits per heavy atom. The summed E-state index contributed by atoms with van der Waals surface area (Å²) in [7, 11) is 0. The summed E-state index contributed by atoms with van der Waals surface area (Å²) in [4.78, 5) is 24.2. The number of amides is 2. The predicted molar refractivity (Wildman–Crippen MR) is 111 cm³/mol. The first-order chi connectivity index (χ1) is 13.7. The Kier molecular flexibility index (Phi) is 7.23. The number of anilines is 2. The van der Waals surface area contributed by atoms with E-state index in [-0.39, 0.29) is 17.6 Å². The average molecular weight is 436 g/mol. The number of ether oxygens (including phenoxy) is 1. The zero-order valence-corrected chi connectivity index (χ0v) is 17.2. The molecule has 3 aromatic rings. The molecule has 0 unspecified atom stereocenters. The molecule has 0 saturated heterocycles. The van der Waals surface area contributed by atoms with E-state index in [0.717, 1.165) is 11.4 Å². The van der Waals surface area contributed by atoms with E-state index in [4.69, 9.17) is 4.74 Å². The second-order valence-corrected chi connectivity index (χ2v) is 8.34. The largest absolute Gasteiger partial charge is 0.492 e. The molecule has 0 aliphatic heterocycles. The van der Waals surface area contributed by atoms with Gasteiger partial charge in [0.2, 0.25) is 11.0 Å². The average Bonchev–Trinajstić information content (AvgIpc) is 3.38. The van der Waals surface area contributed by atoms with E-state index in [1.165, 1.54) is 34.4 Å². The highest BCUT2D eigenvalue weighted by Gasteiger charge is 2.11. The summed E-state index contributed by atoms with van der Waals surface area (Å²) in [6.07, 6.45) is 0. The van der Waals surface area contributed by atoms with E-state index in [2.05, 4.69) is 26.4 Å². The highest BCUT2D eigenvalue weighted by atomic mass is 32.2. The van der Waals surface area contributed by atoms with Crippen LogP contribution in [0.5, 0.6) is 5.75 Å². The van der Waals surface area contributed by atoms with Crippen LogP contribution >= 0.6 is 34.4 Å². The lowest BCUT2D eigenvalue weighted by molar-refractivity contribution is -0.119. The third-order valence-electron chi connectivity index (χ3n) is 3.22. The second kappa shape index (κ2) is 10.1. The van der Waals surface area contributed by atoms with Gasteiger partial charge in [0, 0.05) is 0 Å². The fraction of sp³-hybridized carbons (Fsp3) is 0.176. The van der Waals surface area contributed by atoms with Crippen LogP contribution in [0.15, 0.2) is 46.1 Å². The minimum absolute atomic E-state index is 0.106. The summed E-state index contributed by atoms with van der Waals surface area (Å²) in [6.45, 7) is 2.48. The van der Waals surface area contributed by atoms with Gasteiger partial charge in [0.1, 0.15) is 5.75 Å². The molecule has 0 spiro atoms. The number of thioether (sulfide) groups is 1. The molecule has 0 bridgehead atoms. The summed E-state index contributed by atoms with van der Waals surface area (Å²) in [5.74, 6) is 0.162.